The Morgan fingerprint density at radius 1 is 0.562 bits per heavy atom. The molecule has 0 aromatic heterocycles. The van der Waals surface area contributed by atoms with Gasteiger partial charge in [-0.3, -0.25) is 20.2 Å². The van der Waals surface area contributed by atoms with Crippen LogP contribution in [0.25, 0.3) is 0 Å². The van der Waals surface area contributed by atoms with Crippen molar-refractivity contribution < 1.29 is 9.85 Å². The number of rotatable bonds is 8. The fourth-order valence-corrected chi connectivity index (χ4v) is 4.50. The first-order valence-electron chi connectivity index (χ1n) is 9.35. The number of nitrogens with zero attached hydrogens (tertiary/aromatic N) is 2. The molecular weight excluding hydrogens is 498 g/mol. The molecule has 0 fully saturated rings. The first-order valence-corrected chi connectivity index (χ1v) is 11.1. The molecule has 10 heteroatoms. The molecule has 0 bridgehead atoms. The third kappa shape index (κ3) is 5.15. The third-order valence-corrected chi connectivity index (χ3v) is 7.15. The molecule has 0 heterocycles. The Balaban J connectivity index is 2.13. The summed E-state index contributed by atoms with van der Waals surface area (Å²) in [5.74, 6) is 0. The van der Waals surface area contributed by atoms with Crippen molar-refractivity contribution in [3.63, 3.8) is 0 Å². The highest BCUT2D eigenvalue weighted by molar-refractivity contribution is 6.31. The van der Waals surface area contributed by atoms with Crippen LogP contribution >= 0.6 is 46.4 Å². The van der Waals surface area contributed by atoms with E-state index in [-0.39, 0.29) is 11.1 Å². The molecule has 166 valence electrons. The van der Waals surface area contributed by atoms with E-state index in [0.29, 0.717) is 11.1 Å². The van der Waals surface area contributed by atoms with Crippen molar-refractivity contribution in [1.82, 2.24) is 0 Å². The Hall–Kier alpha value is -2.38. The van der Waals surface area contributed by atoms with Crippen LogP contribution in [0.4, 0.5) is 11.4 Å². The number of benzene rings is 3. The summed E-state index contributed by atoms with van der Waals surface area (Å²) in [5, 5.41) is 19.6. The Morgan fingerprint density at radius 2 is 0.906 bits per heavy atom. The number of hydrogen-bond acceptors (Lipinski definition) is 4. The minimum absolute atomic E-state index is 0.0173. The van der Waals surface area contributed by atoms with Gasteiger partial charge in [0.1, 0.15) is 0 Å². The highest BCUT2D eigenvalue weighted by Crippen LogP contribution is 2.49. The summed E-state index contributed by atoms with van der Waals surface area (Å²) in [5.41, 5.74) is 0.288. The highest BCUT2D eigenvalue weighted by atomic mass is 35.5. The normalized spacial score (nSPS) is 14.9. The second-order valence-electron chi connectivity index (χ2n) is 6.91. The summed E-state index contributed by atoms with van der Waals surface area (Å²) in [6.45, 7) is 0. The molecule has 0 spiro atoms. The molecule has 0 saturated heterocycles. The molecule has 3 aromatic carbocycles. The molecule has 0 radical (unpaired) electrons. The summed E-state index contributed by atoms with van der Waals surface area (Å²) < 4.78 is 0. The van der Waals surface area contributed by atoms with Gasteiger partial charge < -0.3 is 0 Å². The predicted octanol–water partition coefficient (Wildman–Crippen LogP) is 8.02. The maximum atomic E-state index is 11.7. The summed E-state index contributed by atoms with van der Waals surface area (Å²) in [4.78, 5) is 22.0. The number of nitro groups is 2. The largest absolute Gasteiger partial charge is 0.281 e. The van der Waals surface area contributed by atoms with Crippen LogP contribution in [-0.4, -0.2) is 9.85 Å². The van der Waals surface area contributed by atoms with Gasteiger partial charge in [0.05, 0.1) is 48.5 Å². The summed E-state index contributed by atoms with van der Waals surface area (Å²) in [6, 6.07) is 19.7. The van der Waals surface area contributed by atoms with Gasteiger partial charge in [0.2, 0.25) is 0 Å². The fraction of sp³-hybridized carbons (Fsp3) is 0.182. The van der Waals surface area contributed by atoms with E-state index >= 15 is 0 Å². The molecule has 0 aliphatic heterocycles. The predicted molar refractivity (Wildman–Crippen MR) is 127 cm³/mol. The Bertz CT molecular complexity index is 1030. The SMILES string of the molecule is O=[N+]([O-])c1cc([N+](=O)[O-])c([C@H](Cl)[C@@H](Cl)c2ccccc2)cc1[C@H](Cl)[C@H](Cl)c1ccccc1. The minimum Gasteiger partial charge on any atom is -0.258 e. The van der Waals surface area contributed by atoms with Crippen molar-refractivity contribution in [2.75, 3.05) is 0 Å². The van der Waals surface area contributed by atoms with Gasteiger partial charge in [-0.25, -0.2) is 0 Å². The van der Waals surface area contributed by atoms with Crippen LogP contribution in [0.3, 0.4) is 0 Å². The second kappa shape index (κ2) is 10.5. The Kier molecular flexibility index (Phi) is 7.96. The lowest BCUT2D eigenvalue weighted by atomic mass is 9.95. The van der Waals surface area contributed by atoms with E-state index in [4.69, 9.17) is 46.4 Å². The summed E-state index contributed by atoms with van der Waals surface area (Å²) in [6.07, 6.45) is 0. The van der Waals surface area contributed by atoms with E-state index in [1.165, 1.54) is 6.07 Å². The van der Waals surface area contributed by atoms with Gasteiger partial charge >= 0.3 is 0 Å². The lowest BCUT2D eigenvalue weighted by Crippen LogP contribution is -2.09. The van der Waals surface area contributed by atoms with E-state index in [1.807, 2.05) is 0 Å². The smallest absolute Gasteiger partial charge is 0.258 e. The van der Waals surface area contributed by atoms with Crippen LogP contribution in [0.5, 0.6) is 0 Å². The van der Waals surface area contributed by atoms with Crippen LogP contribution in [-0.2, 0) is 0 Å². The van der Waals surface area contributed by atoms with Crippen molar-refractivity contribution in [3.05, 3.63) is 115 Å². The maximum absolute atomic E-state index is 11.7. The number of halogens is 4. The second-order valence-corrected chi connectivity index (χ2v) is 8.79. The molecule has 3 aromatic rings. The van der Waals surface area contributed by atoms with Gasteiger partial charge in [0.15, 0.2) is 0 Å². The molecule has 6 nitrogen and oxygen atoms in total. The van der Waals surface area contributed by atoms with Crippen LogP contribution in [0.2, 0.25) is 0 Å². The first-order chi connectivity index (χ1) is 15.2. The minimum atomic E-state index is -1.06. The van der Waals surface area contributed by atoms with Gasteiger partial charge in [-0.2, -0.15) is 0 Å². The van der Waals surface area contributed by atoms with E-state index in [2.05, 4.69) is 0 Å². The van der Waals surface area contributed by atoms with E-state index in [1.54, 1.807) is 60.7 Å². The van der Waals surface area contributed by atoms with Crippen molar-refractivity contribution in [2.24, 2.45) is 0 Å². The Morgan fingerprint density at radius 3 is 1.22 bits per heavy atom. The summed E-state index contributed by atoms with van der Waals surface area (Å²) in [7, 11) is 0. The molecule has 3 rings (SSSR count). The molecule has 0 N–H and O–H groups in total. The maximum Gasteiger partial charge on any atom is 0.281 e. The van der Waals surface area contributed by atoms with Gasteiger partial charge in [0.25, 0.3) is 11.4 Å². The van der Waals surface area contributed by atoms with Crippen LogP contribution < -0.4 is 0 Å². The average Bonchev–Trinajstić information content (AvgIpc) is 2.82. The van der Waals surface area contributed by atoms with Gasteiger partial charge in [-0.05, 0) is 17.2 Å². The first kappa shape index (κ1) is 24.3. The molecule has 0 unspecified atom stereocenters. The van der Waals surface area contributed by atoms with Crippen LogP contribution in [0, 0.1) is 20.2 Å². The van der Waals surface area contributed by atoms with Crippen LogP contribution in [0.1, 0.15) is 43.8 Å². The zero-order valence-corrected chi connectivity index (χ0v) is 19.3. The standard InChI is InChI=1S/C22H16Cl4N2O4/c23-19(13-7-3-1-4-8-13)21(25)15-11-16(18(28(31)32)12-17(15)27(29)30)22(26)20(24)14-9-5-2-6-10-14/h1-12,19-22H/t19-,20+,21-,22-/m0/s1. The van der Waals surface area contributed by atoms with Gasteiger partial charge in [-0.15, -0.1) is 46.4 Å². The van der Waals surface area contributed by atoms with Crippen molar-refractivity contribution in [2.45, 2.75) is 21.5 Å². The molecule has 4 atom stereocenters. The summed E-state index contributed by atoms with van der Waals surface area (Å²) >= 11 is 26.2. The quantitative estimate of drug-likeness (QED) is 0.173. The monoisotopic (exact) mass is 512 g/mol. The van der Waals surface area contributed by atoms with Crippen molar-refractivity contribution >= 4 is 57.8 Å². The lowest BCUT2D eigenvalue weighted by Gasteiger charge is -2.21. The highest BCUT2D eigenvalue weighted by Gasteiger charge is 2.35. The molecule has 0 amide bonds. The van der Waals surface area contributed by atoms with Gasteiger partial charge in [0, 0.05) is 0 Å². The van der Waals surface area contributed by atoms with E-state index in [9.17, 15) is 20.2 Å². The van der Waals surface area contributed by atoms with Crippen molar-refractivity contribution in [1.29, 1.82) is 0 Å². The van der Waals surface area contributed by atoms with Crippen molar-refractivity contribution in [3.8, 4) is 0 Å². The lowest BCUT2D eigenvalue weighted by molar-refractivity contribution is -0.395. The fourth-order valence-electron chi connectivity index (χ4n) is 3.30. The molecule has 0 aliphatic carbocycles. The molecular formula is C22H16Cl4N2O4. The molecule has 0 saturated carbocycles. The average molecular weight is 514 g/mol. The molecule has 32 heavy (non-hydrogen) atoms. The third-order valence-electron chi connectivity index (χ3n) is 4.91. The van der Waals surface area contributed by atoms with Crippen LogP contribution in [0.15, 0.2) is 72.8 Å². The number of hydrogen-bond donors (Lipinski definition) is 0. The number of nitro benzene ring substituents is 2. The zero-order chi connectivity index (χ0) is 23.4. The Labute approximate surface area is 204 Å². The number of alkyl halides is 4. The topological polar surface area (TPSA) is 86.3 Å². The van der Waals surface area contributed by atoms with Gasteiger partial charge in [-0.1, -0.05) is 60.7 Å². The van der Waals surface area contributed by atoms with E-state index < -0.39 is 42.7 Å². The van der Waals surface area contributed by atoms with E-state index in [0.717, 1.165) is 6.07 Å². The zero-order valence-electron chi connectivity index (χ0n) is 16.3. The molecule has 0 aliphatic rings.